The van der Waals surface area contributed by atoms with Gasteiger partial charge in [-0.05, 0) is 6.92 Å². The zero-order valence-electron chi connectivity index (χ0n) is 11.4. The monoisotopic (exact) mass is 305 g/mol. The molecule has 6 heteroatoms. The van der Waals surface area contributed by atoms with E-state index in [-0.39, 0.29) is 0 Å². The first-order chi connectivity index (χ1) is 9.16. The summed E-state index contributed by atoms with van der Waals surface area (Å²) >= 11 is 7.18. The Morgan fingerprint density at radius 1 is 1.21 bits per heavy atom. The molecule has 0 aliphatic heterocycles. The summed E-state index contributed by atoms with van der Waals surface area (Å²) in [7, 11) is 0. The van der Waals surface area contributed by atoms with Gasteiger partial charge in [0.2, 0.25) is 0 Å². The largest absolute Gasteiger partial charge is 0.619 e. The predicted molar refractivity (Wildman–Crippen MR) is 78.0 cm³/mol. The molecule has 0 unspecified atom stereocenters. The average molecular weight is 306 g/mol. The van der Waals surface area contributed by atoms with Gasteiger partial charge in [-0.15, -0.1) is 23.4 Å². The van der Waals surface area contributed by atoms with Crippen molar-refractivity contribution in [2.45, 2.75) is 18.7 Å². The number of thioether (sulfide) groups is 1. The van der Waals surface area contributed by atoms with Gasteiger partial charge in [0.15, 0.2) is 11.9 Å². The SMILES string of the molecule is Cc1c(SCCOCCOCCCl)cc[n+]([O-])c1C. The molecule has 0 N–H and O–H groups in total. The first-order valence-electron chi connectivity index (χ1n) is 6.20. The molecule has 19 heavy (non-hydrogen) atoms. The second kappa shape index (κ2) is 9.42. The molecule has 0 spiro atoms. The van der Waals surface area contributed by atoms with Crippen LogP contribution in [0.4, 0.5) is 0 Å². The average Bonchev–Trinajstić information content (AvgIpc) is 2.41. The molecule has 4 nitrogen and oxygen atoms in total. The Morgan fingerprint density at radius 3 is 2.58 bits per heavy atom. The zero-order chi connectivity index (χ0) is 14.1. The molecule has 0 radical (unpaired) electrons. The van der Waals surface area contributed by atoms with Gasteiger partial charge in [0.1, 0.15) is 0 Å². The molecule has 0 amide bonds. The van der Waals surface area contributed by atoms with E-state index >= 15 is 0 Å². The number of hydrogen-bond acceptors (Lipinski definition) is 4. The highest BCUT2D eigenvalue weighted by atomic mass is 35.5. The van der Waals surface area contributed by atoms with Gasteiger partial charge < -0.3 is 14.7 Å². The Labute approximate surface area is 123 Å². The van der Waals surface area contributed by atoms with Crippen LogP contribution in [0.2, 0.25) is 0 Å². The summed E-state index contributed by atoms with van der Waals surface area (Å²) in [6.07, 6.45) is 1.55. The molecule has 108 valence electrons. The quantitative estimate of drug-likeness (QED) is 0.231. The van der Waals surface area contributed by atoms with Crippen LogP contribution in [0.25, 0.3) is 0 Å². The van der Waals surface area contributed by atoms with E-state index in [1.807, 2.05) is 19.9 Å². The summed E-state index contributed by atoms with van der Waals surface area (Å²) in [6.45, 7) is 6.20. The number of aromatic nitrogens is 1. The number of alkyl halides is 1. The maximum Gasteiger partial charge on any atom is 0.193 e. The topological polar surface area (TPSA) is 45.4 Å². The highest BCUT2D eigenvalue weighted by molar-refractivity contribution is 7.99. The Kier molecular flexibility index (Phi) is 8.21. The second-order valence-corrected chi connectivity index (χ2v) is 5.49. The molecule has 1 heterocycles. The number of rotatable bonds is 9. The molecule has 0 aliphatic rings. The van der Waals surface area contributed by atoms with Crippen molar-refractivity contribution in [2.24, 2.45) is 0 Å². The Morgan fingerprint density at radius 2 is 1.89 bits per heavy atom. The third kappa shape index (κ3) is 5.99. The minimum absolute atomic E-state index is 0.516. The Bertz CT molecular complexity index is 390. The molecule has 0 saturated heterocycles. The summed E-state index contributed by atoms with van der Waals surface area (Å²) in [4.78, 5) is 1.13. The molecular formula is C13H20ClNO3S. The lowest BCUT2D eigenvalue weighted by atomic mass is 10.2. The lowest BCUT2D eigenvalue weighted by molar-refractivity contribution is -0.613. The summed E-state index contributed by atoms with van der Waals surface area (Å²) < 4.78 is 11.5. The Hall–Kier alpha value is -0.490. The lowest BCUT2D eigenvalue weighted by Gasteiger charge is -2.09. The van der Waals surface area contributed by atoms with Gasteiger partial charge in [-0.1, -0.05) is 0 Å². The third-order valence-electron chi connectivity index (χ3n) is 2.68. The summed E-state index contributed by atoms with van der Waals surface area (Å²) in [5.41, 5.74) is 1.79. The first kappa shape index (κ1) is 16.6. The van der Waals surface area contributed by atoms with E-state index in [1.165, 1.54) is 0 Å². The number of halogens is 1. The molecule has 0 atom stereocenters. The van der Waals surface area contributed by atoms with Gasteiger partial charge in [0.05, 0.1) is 26.4 Å². The summed E-state index contributed by atoms with van der Waals surface area (Å²) in [5.74, 6) is 1.38. The fourth-order valence-electron chi connectivity index (χ4n) is 1.46. The van der Waals surface area contributed by atoms with E-state index in [1.54, 1.807) is 18.0 Å². The fourth-order valence-corrected chi connectivity index (χ4v) is 2.51. The van der Waals surface area contributed by atoms with Gasteiger partial charge >= 0.3 is 0 Å². The van der Waals surface area contributed by atoms with Crippen LogP contribution >= 0.6 is 23.4 Å². The van der Waals surface area contributed by atoms with Gasteiger partial charge in [0.25, 0.3) is 0 Å². The van der Waals surface area contributed by atoms with E-state index in [2.05, 4.69) is 0 Å². The predicted octanol–water partition coefficient (Wildman–Crippen LogP) is 2.30. The number of pyridine rings is 1. The molecule has 1 aromatic heterocycles. The van der Waals surface area contributed by atoms with Crippen molar-refractivity contribution in [3.63, 3.8) is 0 Å². The van der Waals surface area contributed by atoms with Crippen LogP contribution in [0.1, 0.15) is 11.3 Å². The maximum atomic E-state index is 11.4. The van der Waals surface area contributed by atoms with Crippen molar-refractivity contribution < 1.29 is 14.2 Å². The van der Waals surface area contributed by atoms with Gasteiger partial charge in [-0.25, -0.2) is 0 Å². The number of hydrogen-bond donors (Lipinski definition) is 0. The standard InChI is InChI=1S/C13H20ClNO3S/c1-11-12(2)15(16)5-3-13(11)19-10-9-18-8-7-17-6-4-14/h3,5H,4,6-10H2,1-2H3. The number of ether oxygens (including phenoxy) is 2. The molecule has 0 bridgehead atoms. The normalized spacial score (nSPS) is 10.9. The number of nitrogens with zero attached hydrogens (tertiary/aromatic N) is 1. The highest BCUT2D eigenvalue weighted by Gasteiger charge is 2.08. The van der Waals surface area contributed by atoms with Crippen LogP contribution in [0.5, 0.6) is 0 Å². The van der Waals surface area contributed by atoms with E-state index in [4.69, 9.17) is 21.1 Å². The molecule has 1 rings (SSSR count). The van der Waals surface area contributed by atoms with Crippen LogP contribution in [0.15, 0.2) is 17.2 Å². The first-order valence-corrected chi connectivity index (χ1v) is 7.72. The van der Waals surface area contributed by atoms with Crippen LogP contribution in [0.3, 0.4) is 0 Å². The molecular weight excluding hydrogens is 286 g/mol. The van der Waals surface area contributed by atoms with Crippen molar-refractivity contribution in [3.05, 3.63) is 28.7 Å². The van der Waals surface area contributed by atoms with Gasteiger partial charge in [-0.2, -0.15) is 4.73 Å². The fraction of sp³-hybridized carbons (Fsp3) is 0.615. The van der Waals surface area contributed by atoms with E-state index in [0.717, 1.165) is 26.6 Å². The van der Waals surface area contributed by atoms with Gasteiger partial charge in [0, 0.05) is 35.1 Å². The third-order valence-corrected chi connectivity index (χ3v) is 3.96. The smallest absolute Gasteiger partial charge is 0.193 e. The van der Waals surface area contributed by atoms with Crippen LogP contribution < -0.4 is 4.73 Å². The summed E-state index contributed by atoms with van der Waals surface area (Å²) in [5, 5.41) is 11.4. The van der Waals surface area contributed by atoms with Crippen molar-refractivity contribution in [1.29, 1.82) is 0 Å². The minimum atomic E-state index is 0.516. The van der Waals surface area contributed by atoms with Crippen LogP contribution in [0, 0.1) is 19.1 Å². The maximum absolute atomic E-state index is 11.4. The molecule has 1 aromatic rings. The Balaban J connectivity index is 2.18. The van der Waals surface area contributed by atoms with Crippen molar-refractivity contribution in [1.82, 2.24) is 0 Å². The lowest BCUT2D eigenvalue weighted by Crippen LogP contribution is -2.30. The van der Waals surface area contributed by atoms with E-state index < -0.39 is 0 Å². The molecule has 0 aromatic carbocycles. The molecule has 0 saturated carbocycles. The van der Waals surface area contributed by atoms with E-state index in [0.29, 0.717) is 32.3 Å². The molecule has 0 fully saturated rings. The van der Waals surface area contributed by atoms with Crippen molar-refractivity contribution in [3.8, 4) is 0 Å². The van der Waals surface area contributed by atoms with E-state index in [9.17, 15) is 5.21 Å². The van der Waals surface area contributed by atoms with Crippen molar-refractivity contribution >= 4 is 23.4 Å². The summed E-state index contributed by atoms with van der Waals surface area (Å²) in [6, 6.07) is 1.85. The second-order valence-electron chi connectivity index (χ2n) is 3.98. The van der Waals surface area contributed by atoms with Crippen LogP contribution in [-0.2, 0) is 9.47 Å². The minimum Gasteiger partial charge on any atom is -0.619 e. The van der Waals surface area contributed by atoms with Crippen LogP contribution in [-0.4, -0.2) is 38.1 Å². The highest BCUT2D eigenvalue weighted by Crippen LogP contribution is 2.22. The van der Waals surface area contributed by atoms with Gasteiger partial charge in [-0.3, -0.25) is 0 Å². The molecule has 0 aliphatic carbocycles. The zero-order valence-corrected chi connectivity index (χ0v) is 12.9. The van der Waals surface area contributed by atoms with Crippen molar-refractivity contribution in [2.75, 3.05) is 38.1 Å².